The molecule has 0 aromatic heterocycles. The van der Waals surface area contributed by atoms with Crippen molar-refractivity contribution in [2.75, 3.05) is 32.8 Å². The minimum atomic E-state index is 0. The highest BCUT2D eigenvalue weighted by atomic mass is 35.5. The van der Waals surface area contributed by atoms with Crippen LogP contribution >= 0.6 is 24.8 Å². The molecular formula is C21H33Cl2N3O2. The second kappa shape index (κ2) is 12.3. The summed E-state index contributed by atoms with van der Waals surface area (Å²) < 4.78 is 5.80. The number of hydrogen-bond donors (Lipinski definition) is 1. The molecule has 2 atom stereocenters. The highest BCUT2D eigenvalue weighted by molar-refractivity contribution is 5.85. The Morgan fingerprint density at radius 3 is 2.79 bits per heavy atom. The van der Waals surface area contributed by atoms with Gasteiger partial charge in [-0.1, -0.05) is 30.9 Å². The fraction of sp³-hybridized carbons (Fsp3) is 0.571. The molecule has 5 nitrogen and oxygen atoms in total. The number of likely N-dealkylation sites (tertiary alicyclic amines) is 2. The maximum atomic E-state index is 12.3. The Morgan fingerprint density at radius 2 is 2.04 bits per heavy atom. The number of halogens is 2. The molecule has 3 rings (SSSR count). The molecular weight excluding hydrogens is 397 g/mol. The molecule has 2 heterocycles. The van der Waals surface area contributed by atoms with Crippen molar-refractivity contribution in [3.05, 3.63) is 42.5 Å². The second-order valence-corrected chi connectivity index (χ2v) is 7.33. The van der Waals surface area contributed by atoms with E-state index in [0.717, 1.165) is 51.2 Å². The quantitative estimate of drug-likeness (QED) is 0.644. The predicted molar refractivity (Wildman–Crippen MR) is 118 cm³/mol. The highest BCUT2D eigenvalue weighted by Gasteiger charge is 2.38. The van der Waals surface area contributed by atoms with E-state index in [4.69, 9.17) is 10.5 Å². The van der Waals surface area contributed by atoms with Gasteiger partial charge in [-0.15, -0.1) is 24.8 Å². The zero-order chi connectivity index (χ0) is 18.4. The fourth-order valence-electron chi connectivity index (χ4n) is 4.29. The van der Waals surface area contributed by atoms with Gasteiger partial charge >= 0.3 is 0 Å². The summed E-state index contributed by atoms with van der Waals surface area (Å²) in [6.07, 6.45) is 5.41. The Bertz CT molecular complexity index is 629. The first-order valence-corrected chi connectivity index (χ1v) is 9.76. The molecule has 2 fully saturated rings. The third-order valence-corrected chi connectivity index (χ3v) is 5.55. The smallest absolute Gasteiger partial charge is 0.222 e. The van der Waals surface area contributed by atoms with E-state index < -0.39 is 0 Å². The van der Waals surface area contributed by atoms with Crippen LogP contribution in [0.2, 0.25) is 0 Å². The second-order valence-electron chi connectivity index (χ2n) is 7.33. The average molecular weight is 430 g/mol. The Balaban J connectivity index is 0.00000196. The molecule has 1 aromatic rings. The molecule has 0 spiro atoms. The largest absolute Gasteiger partial charge is 0.489 e. The molecule has 28 heavy (non-hydrogen) atoms. The maximum absolute atomic E-state index is 12.3. The van der Waals surface area contributed by atoms with Gasteiger partial charge in [-0.25, -0.2) is 0 Å². The number of fused-ring (bicyclic) bond motifs is 1. The van der Waals surface area contributed by atoms with Gasteiger partial charge in [-0.2, -0.15) is 0 Å². The molecule has 0 bridgehead atoms. The van der Waals surface area contributed by atoms with Gasteiger partial charge in [0.15, 0.2) is 0 Å². The topological polar surface area (TPSA) is 58.8 Å². The minimum Gasteiger partial charge on any atom is -0.489 e. The van der Waals surface area contributed by atoms with Crippen LogP contribution in [0.5, 0.6) is 5.75 Å². The summed E-state index contributed by atoms with van der Waals surface area (Å²) in [5.74, 6) is 1.83. The third kappa shape index (κ3) is 6.11. The number of carbonyl (C=O) groups excluding carboxylic acids is 1. The Kier molecular flexibility index (Phi) is 10.9. The number of hydrogen-bond acceptors (Lipinski definition) is 4. The molecule has 1 aromatic carbocycles. The highest BCUT2D eigenvalue weighted by Crippen LogP contribution is 2.32. The Hall–Kier alpha value is -1.27. The fourth-order valence-corrected chi connectivity index (χ4v) is 4.29. The van der Waals surface area contributed by atoms with E-state index >= 15 is 0 Å². The zero-order valence-corrected chi connectivity index (χ0v) is 18.1. The molecule has 2 N–H and O–H groups in total. The van der Waals surface area contributed by atoms with Crippen molar-refractivity contribution < 1.29 is 9.53 Å². The summed E-state index contributed by atoms with van der Waals surface area (Å²) in [6.45, 7) is 8.68. The molecule has 1 amide bonds. The Labute approximate surface area is 181 Å². The van der Waals surface area contributed by atoms with Crippen molar-refractivity contribution in [3.8, 4) is 5.75 Å². The molecule has 2 aliphatic rings. The summed E-state index contributed by atoms with van der Waals surface area (Å²) in [5, 5.41) is 0. The summed E-state index contributed by atoms with van der Waals surface area (Å²) in [5.41, 5.74) is 6.87. The lowest BCUT2D eigenvalue weighted by Crippen LogP contribution is -2.56. The van der Waals surface area contributed by atoms with Crippen LogP contribution in [-0.4, -0.2) is 54.5 Å². The summed E-state index contributed by atoms with van der Waals surface area (Å²) >= 11 is 0. The first-order valence-electron chi connectivity index (χ1n) is 9.76. The molecule has 2 saturated heterocycles. The summed E-state index contributed by atoms with van der Waals surface area (Å²) in [6, 6.07) is 8.64. The van der Waals surface area contributed by atoms with Gasteiger partial charge in [0, 0.05) is 44.2 Å². The van der Waals surface area contributed by atoms with Crippen molar-refractivity contribution in [1.29, 1.82) is 0 Å². The van der Waals surface area contributed by atoms with Crippen LogP contribution in [0.3, 0.4) is 0 Å². The number of rotatable bonds is 8. The molecule has 0 unspecified atom stereocenters. The van der Waals surface area contributed by atoms with Gasteiger partial charge in [0.25, 0.3) is 0 Å². The van der Waals surface area contributed by atoms with Crippen molar-refractivity contribution >= 4 is 30.7 Å². The van der Waals surface area contributed by atoms with Gasteiger partial charge in [-0.05, 0) is 37.8 Å². The zero-order valence-electron chi connectivity index (χ0n) is 16.4. The standard InChI is InChI=1S/C21H31N3O2.2ClH/c1-2-14-26-20-7-4-3-6-18(20)16-23-13-10-19-17(15-23)8-9-21(25)24(19)12-5-11-22;;/h2-4,6-7,17,19H,1,5,8-16,22H2;2*1H/t17-,19+;;/m0../s1. The number of nitrogens with zero attached hydrogens (tertiary/aromatic N) is 2. The molecule has 158 valence electrons. The molecule has 0 saturated carbocycles. The number of ether oxygens (including phenoxy) is 1. The summed E-state index contributed by atoms with van der Waals surface area (Å²) in [7, 11) is 0. The van der Waals surface area contributed by atoms with Crippen LogP contribution in [0.4, 0.5) is 0 Å². The lowest BCUT2D eigenvalue weighted by atomic mass is 9.83. The predicted octanol–water partition coefficient (Wildman–Crippen LogP) is 3.26. The van der Waals surface area contributed by atoms with Gasteiger partial charge in [0.1, 0.15) is 12.4 Å². The van der Waals surface area contributed by atoms with Gasteiger partial charge in [0.05, 0.1) is 0 Å². The van der Waals surface area contributed by atoms with Crippen molar-refractivity contribution in [1.82, 2.24) is 9.80 Å². The van der Waals surface area contributed by atoms with Gasteiger partial charge < -0.3 is 15.4 Å². The van der Waals surface area contributed by atoms with Crippen LogP contribution in [0.15, 0.2) is 36.9 Å². The van der Waals surface area contributed by atoms with E-state index in [2.05, 4.69) is 28.5 Å². The van der Waals surface area contributed by atoms with Crippen LogP contribution in [0.1, 0.15) is 31.2 Å². The van der Waals surface area contributed by atoms with Crippen LogP contribution in [0, 0.1) is 5.92 Å². The van der Waals surface area contributed by atoms with E-state index in [9.17, 15) is 4.79 Å². The normalized spacial score (nSPS) is 21.9. The van der Waals surface area contributed by atoms with Gasteiger partial charge in [0.2, 0.25) is 5.91 Å². The molecule has 0 aliphatic carbocycles. The van der Waals surface area contributed by atoms with Gasteiger partial charge in [-0.3, -0.25) is 9.69 Å². The Morgan fingerprint density at radius 1 is 1.25 bits per heavy atom. The minimum absolute atomic E-state index is 0. The lowest BCUT2D eigenvalue weighted by Gasteiger charge is -2.47. The van der Waals surface area contributed by atoms with E-state index in [-0.39, 0.29) is 24.8 Å². The number of nitrogens with two attached hydrogens (primary N) is 1. The monoisotopic (exact) mass is 429 g/mol. The number of piperidine rings is 2. The van der Waals surface area contributed by atoms with E-state index in [1.54, 1.807) is 6.08 Å². The summed E-state index contributed by atoms with van der Waals surface area (Å²) in [4.78, 5) is 16.9. The molecule has 0 radical (unpaired) electrons. The average Bonchev–Trinajstić information content (AvgIpc) is 2.66. The number of benzene rings is 1. The van der Waals surface area contributed by atoms with Crippen LogP contribution in [0.25, 0.3) is 0 Å². The maximum Gasteiger partial charge on any atom is 0.222 e. The van der Waals surface area contributed by atoms with Crippen LogP contribution < -0.4 is 10.5 Å². The van der Waals surface area contributed by atoms with Crippen molar-refractivity contribution in [2.45, 2.75) is 38.3 Å². The van der Waals surface area contributed by atoms with Crippen molar-refractivity contribution in [3.63, 3.8) is 0 Å². The number of para-hydroxylation sites is 1. The van der Waals surface area contributed by atoms with Crippen LogP contribution in [-0.2, 0) is 11.3 Å². The first kappa shape index (κ1) is 24.8. The van der Waals surface area contributed by atoms with E-state index in [0.29, 0.717) is 37.4 Å². The SMILES string of the molecule is C=CCOc1ccccc1CN1CC[C@@H]2[C@@H](CCC(=O)N2CCCN)C1.Cl.Cl. The molecule has 7 heteroatoms. The third-order valence-electron chi connectivity index (χ3n) is 5.55. The number of carbonyl (C=O) groups is 1. The molecule has 2 aliphatic heterocycles. The number of amides is 1. The first-order chi connectivity index (χ1) is 12.7. The van der Waals surface area contributed by atoms with Crippen molar-refractivity contribution in [2.24, 2.45) is 11.7 Å². The van der Waals surface area contributed by atoms with E-state index in [1.165, 1.54) is 5.56 Å². The van der Waals surface area contributed by atoms with E-state index in [1.807, 2.05) is 12.1 Å². The lowest BCUT2D eigenvalue weighted by molar-refractivity contribution is -0.141.